The van der Waals surface area contributed by atoms with Gasteiger partial charge in [0.2, 0.25) is 5.95 Å². The molecule has 3 aliphatic rings. The van der Waals surface area contributed by atoms with Crippen LogP contribution in [0.4, 0.5) is 5.95 Å². The van der Waals surface area contributed by atoms with E-state index in [0.717, 1.165) is 43.2 Å². The Labute approximate surface area is 120 Å². The Morgan fingerprint density at radius 3 is 2.70 bits per heavy atom. The van der Waals surface area contributed by atoms with Gasteiger partial charge in [-0.2, -0.15) is 4.98 Å². The lowest BCUT2D eigenvalue weighted by Gasteiger charge is -2.31. The van der Waals surface area contributed by atoms with Crippen molar-refractivity contribution in [1.82, 2.24) is 15.2 Å². The van der Waals surface area contributed by atoms with Crippen molar-refractivity contribution < 1.29 is 0 Å². The molecule has 0 radical (unpaired) electrons. The van der Waals surface area contributed by atoms with Gasteiger partial charge >= 0.3 is 0 Å². The van der Waals surface area contributed by atoms with Crippen LogP contribution in [0.25, 0.3) is 0 Å². The zero-order valence-electron chi connectivity index (χ0n) is 12.1. The maximum absolute atomic E-state index is 5.81. The average molecular weight is 275 g/mol. The lowest BCUT2D eigenvalue weighted by atomic mass is 9.99. The van der Waals surface area contributed by atoms with Crippen LogP contribution in [0.2, 0.25) is 0 Å². The van der Waals surface area contributed by atoms with Crippen molar-refractivity contribution in [2.45, 2.75) is 44.4 Å². The molecule has 3 atom stereocenters. The summed E-state index contributed by atoms with van der Waals surface area (Å²) < 4.78 is 0. The monoisotopic (exact) mass is 275 g/mol. The lowest BCUT2D eigenvalue weighted by molar-refractivity contribution is 0.419. The van der Waals surface area contributed by atoms with Gasteiger partial charge in [-0.3, -0.25) is 5.10 Å². The van der Waals surface area contributed by atoms with Gasteiger partial charge in [-0.05, 0) is 50.0 Å². The molecule has 0 aromatic carbocycles. The Hall–Kier alpha value is -1.10. The first-order chi connectivity index (χ1) is 9.86. The molecule has 2 heterocycles. The van der Waals surface area contributed by atoms with Crippen molar-refractivity contribution in [1.29, 1.82) is 0 Å². The number of hydrogen-bond acceptors (Lipinski definition) is 4. The largest absolute Gasteiger partial charge is 0.339 e. The van der Waals surface area contributed by atoms with Gasteiger partial charge < -0.3 is 10.6 Å². The molecule has 2 saturated carbocycles. The number of nitrogens with one attached hydrogen (secondary N) is 1. The first-order valence-electron chi connectivity index (χ1n) is 8.24. The Bertz CT molecular complexity index is 459. The van der Waals surface area contributed by atoms with Crippen LogP contribution >= 0.6 is 0 Å². The Morgan fingerprint density at radius 1 is 1.15 bits per heavy atom. The van der Waals surface area contributed by atoms with Crippen LogP contribution in [0.5, 0.6) is 0 Å². The van der Waals surface area contributed by atoms with Gasteiger partial charge in [0, 0.05) is 19.0 Å². The fraction of sp³-hybridized carbons (Fsp3) is 0.867. The number of aromatic amines is 1. The van der Waals surface area contributed by atoms with Gasteiger partial charge in [0.05, 0.1) is 0 Å². The van der Waals surface area contributed by atoms with E-state index in [-0.39, 0.29) is 0 Å². The van der Waals surface area contributed by atoms with Gasteiger partial charge in [-0.25, -0.2) is 0 Å². The minimum atomic E-state index is 0.606. The first kappa shape index (κ1) is 12.6. The van der Waals surface area contributed by atoms with E-state index in [4.69, 9.17) is 10.7 Å². The van der Waals surface area contributed by atoms with Crippen molar-refractivity contribution in [3.8, 4) is 0 Å². The Morgan fingerprint density at radius 2 is 1.95 bits per heavy atom. The number of rotatable bonds is 3. The lowest BCUT2D eigenvalue weighted by Crippen LogP contribution is -2.39. The predicted molar refractivity (Wildman–Crippen MR) is 78.6 cm³/mol. The van der Waals surface area contributed by atoms with Crippen LogP contribution in [0.1, 0.15) is 50.3 Å². The quantitative estimate of drug-likeness (QED) is 0.883. The van der Waals surface area contributed by atoms with Crippen LogP contribution in [0.15, 0.2) is 0 Å². The van der Waals surface area contributed by atoms with Crippen LogP contribution in [0, 0.1) is 17.8 Å². The maximum atomic E-state index is 5.81. The summed E-state index contributed by atoms with van der Waals surface area (Å²) in [6.45, 7) is 2.87. The molecule has 0 bridgehead atoms. The first-order valence-corrected chi connectivity index (χ1v) is 8.24. The van der Waals surface area contributed by atoms with Crippen molar-refractivity contribution in [2.24, 2.45) is 23.5 Å². The van der Waals surface area contributed by atoms with Gasteiger partial charge in [-0.15, -0.1) is 5.10 Å². The second kappa shape index (κ2) is 5.02. The van der Waals surface area contributed by atoms with Crippen molar-refractivity contribution in [3.63, 3.8) is 0 Å². The number of piperidine rings is 1. The van der Waals surface area contributed by atoms with E-state index >= 15 is 0 Å². The van der Waals surface area contributed by atoms with Gasteiger partial charge in [-0.1, -0.05) is 12.8 Å². The summed E-state index contributed by atoms with van der Waals surface area (Å²) in [6, 6.07) is 0. The number of nitrogens with zero attached hydrogens (tertiary/aromatic N) is 3. The minimum Gasteiger partial charge on any atom is -0.339 e. The standard InChI is InChI=1S/C15H25N5/c16-8-10-4-3-7-20(9-10)15-17-14(18-19-15)13-11-5-1-2-6-12(11)13/h10-13H,1-9,16H2,(H,17,18,19). The smallest absolute Gasteiger partial charge is 0.244 e. The summed E-state index contributed by atoms with van der Waals surface area (Å²) in [5.41, 5.74) is 5.81. The topological polar surface area (TPSA) is 70.8 Å². The van der Waals surface area contributed by atoms with Crippen molar-refractivity contribution >= 4 is 5.95 Å². The second-order valence-electron chi connectivity index (χ2n) is 6.85. The molecule has 3 fully saturated rings. The zero-order valence-corrected chi connectivity index (χ0v) is 12.1. The number of hydrogen-bond donors (Lipinski definition) is 2. The molecule has 2 aliphatic carbocycles. The summed E-state index contributed by atoms with van der Waals surface area (Å²) in [7, 11) is 0. The Kier molecular flexibility index (Phi) is 3.17. The van der Waals surface area contributed by atoms with E-state index < -0.39 is 0 Å². The van der Waals surface area contributed by atoms with Gasteiger partial charge in [0.1, 0.15) is 5.82 Å². The molecule has 5 heteroatoms. The fourth-order valence-electron chi connectivity index (χ4n) is 4.39. The molecule has 0 spiro atoms. The summed E-state index contributed by atoms with van der Waals surface area (Å²) in [5.74, 6) is 5.11. The van der Waals surface area contributed by atoms with E-state index in [1.165, 1.54) is 38.5 Å². The van der Waals surface area contributed by atoms with E-state index in [2.05, 4.69) is 15.1 Å². The highest BCUT2D eigenvalue weighted by Gasteiger charge is 2.53. The summed E-state index contributed by atoms with van der Waals surface area (Å²) >= 11 is 0. The molecule has 3 N–H and O–H groups in total. The number of anilines is 1. The molecule has 5 nitrogen and oxygen atoms in total. The SMILES string of the molecule is NCC1CCCN(c2n[nH]c(C3C4CCCCC43)n2)C1. The molecule has 1 aromatic rings. The molecule has 4 rings (SSSR count). The molecule has 1 saturated heterocycles. The van der Waals surface area contributed by atoms with E-state index in [1.54, 1.807) is 0 Å². The predicted octanol–water partition coefficient (Wildman–Crippen LogP) is 1.88. The summed E-state index contributed by atoms with van der Waals surface area (Å²) in [6.07, 6.45) is 8.05. The highest BCUT2D eigenvalue weighted by Crippen LogP contribution is 2.60. The fourth-order valence-corrected chi connectivity index (χ4v) is 4.39. The van der Waals surface area contributed by atoms with Crippen molar-refractivity contribution in [2.75, 3.05) is 24.5 Å². The normalized spacial score (nSPS) is 36.8. The molecule has 1 aromatic heterocycles. The molecule has 0 amide bonds. The number of nitrogens with two attached hydrogens (primary N) is 1. The summed E-state index contributed by atoms with van der Waals surface area (Å²) in [4.78, 5) is 7.12. The second-order valence-corrected chi connectivity index (χ2v) is 6.85. The average Bonchev–Trinajstić information content (AvgIpc) is 3.04. The van der Waals surface area contributed by atoms with Crippen LogP contribution in [-0.4, -0.2) is 34.8 Å². The number of H-pyrrole nitrogens is 1. The third-order valence-corrected chi connectivity index (χ3v) is 5.60. The van der Waals surface area contributed by atoms with E-state index in [0.29, 0.717) is 11.8 Å². The summed E-state index contributed by atoms with van der Waals surface area (Å²) in [5, 5.41) is 7.70. The molecule has 1 aliphatic heterocycles. The van der Waals surface area contributed by atoms with E-state index in [9.17, 15) is 0 Å². The van der Waals surface area contributed by atoms with Gasteiger partial charge in [0.25, 0.3) is 0 Å². The highest BCUT2D eigenvalue weighted by molar-refractivity contribution is 5.32. The zero-order chi connectivity index (χ0) is 13.5. The third-order valence-electron chi connectivity index (χ3n) is 5.60. The third kappa shape index (κ3) is 2.12. The number of aromatic nitrogens is 3. The molecule has 20 heavy (non-hydrogen) atoms. The number of fused-ring (bicyclic) bond motifs is 1. The van der Waals surface area contributed by atoms with Crippen LogP contribution in [-0.2, 0) is 0 Å². The molecular formula is C15H25N5. The van der Waals surface area contributed by atoms with Crippen molar-refractivity contribution in [3.05, 3.63) is 5.82 Å². The maximum Gasteiger partial charge on any atom is 0.244 e. The Balaban J connectivity index is 1.45. The highest BCUT2D eigenvalue weighted by atomic mass is 15.4. The van der Waals surface area contributed by atoms with Crippen LogP contribution in [0.3, 0.4) is 0 Å². The molecular weight excluding hydrogens is 250 g/mol. The van der Waals surface area contributed by atoms with Crippen LogP contribution < -0.4 is 10.6 Å². The minimum absolute atomic E-state index is 0.606. The molecule has 110 valence electrons. The van der Waals surface area contributed by atoms with Gasteiger partial charge in [0.15, 0.2) is 0 Å². The molecule has 3 unspecified atom stereocenters. The van der Waals surface area contributed by atoms with E-state index in [1.807, 2.05) is 0 Å².